The summed E-state index contributed by atoms with van der Waals surface area (Å²) in [6, 6.07) is 30.4. The SMILES string of the molecule is S=C(Nc1ccnn1Cc1ccccc1Cl)N(Cc1ccccc1)Cc1ccccc1. The Hall–Kier alpha value is -3.15. The van der Waals surface area contributed by atoms with E-state index in [4.69, 9.17) is 23.8 Å². The van der Waals surface area contributed by atoms with Crippen molar-refractivity contribution in [3.63, 3.8) is 0 Å². The van der Waals surface area contributed by atoms with Gasteiger partial charge in [0.1, 0.15) is 5.82 Å². The molecule has 0 atom stereocenters. The second-order valence-electron chi connectivity index (χ2n) is 7.22. The zero-order valence-electron chi connectivity index (χ0n) is 17.0. The Morgan fingerprint density at radius 2 is 1.42 bits per heavy atom. The van der Waals surface area contributed by atoms with Crippen LogP contribution >= 0.6 is 23.8 Å². The van der Waals surface area contributed by atoms with Crippen molar-refractivity contribution in [2.45, 2.75) is 19.6 Å². The molecule has 4 aromatic rings. The van der Waals surface area contributed by atoms with Gasteiger partial charge >= 0.3 is 0 Å². The number of aromatic nitrogens is 2. The third-order valence-electron chi connectivity index (χ3n) is 4.95. The quantitative estimate of drug-likeness (QED) is 0.354. The van der Waals surface area contributed by atoms with E-state index in [1.54, 1.807) is 6.20 Å². The van der Waals surface area contributed by atoms with Crippen molar-refractivity contribution in [3.05, 3.63) is 119 Å². The van der Waals surface area contributed by atoms with Crippen LogP contribution in [-0.4, -0.2) is 19.8 Å². The lowest BCUT2D eigenvalue weighted by atomic mass is 10.2. The van der Waals surface area contributed by atoms with Crippen LogP contribution in [-0.2, 0) is 19.6 Å². The second-order valence-corrected chi connectivity index (χ2v) is 8.02. The summed E-state index contributed by atoms with van der Waals surface area (Å²) in [4.78, 5) is 2.16. The van der Waals surface area contributed by atoms with Gasteiger partial charge < -0.3 is 10.2 Å². The summed E-state index contributed by atoms with van der Waals surface area (Å²) < 4.78 is 1.87. The number of halogens is 1. The van der Waals surface area contributed by atoms with Crippen molar-refractivity contribution in [2.75, 3.05) is 5.32 Å². The van der Waals surface area contributed by atoms with Crippen molar-refractivity contribution >= 4 is 34.7 Å². The Bertz CT molecular complexity index is 1090. The smallest absolute Gasteiger partial charge is 0.175 e. The van der Waals surface area contributed by atoms with Crippen LogP contribution in [0.4, 0.5) is 5.82 Å². The Kier molecular flexibility index (Phi) is 6.97. The van der Waals surface area contributed by atoms with Gasteiger partial charge in [-0.25, -0.2) is 4.68 Å². The van der Waals surface area contributed by atoms with Gasteiger partial charge in [-0.15, -0.1) is 0 Å². The van der Waals surface area contributed by atoms with Crippen molar-refractivity contribution < 1.29 is 0 Å². The number of nitrogens with one attached hydrogen (secondary N) is 1. The van der Waals surface area contributed by atoms with Crippen LogP contribution in [0.15, 0.2) is 97.2 Å². The Morgan fingerprint density at radius 1 is 0.839 bits per heavy atom. The molecule has 1 N–H and O–H groups in total. The summed E-state index contributed by atoms with van der Waals surface area (Å²) in [5.41, 5.74) is 3.41. The molecular weight excluding hydrogens is 424 g/mol. The molecule has 0 unspecified atom stereocenters. The number of hydrogen-bond acceptors (Lipinski definition) is 2. The topological polar surface area (TPSA) is 33.1 Å². The van der Waals surface area contributed by atoms with E-state index >= 15 is 0 Å². The van der Waals surface area contributed by atoms with Gasteiger partial charge in [0, 0.05) is 24.2 Å². The van der Waals surface area contributed by atoms with Crippen LogP contribution < -0.4 is 5.32 Å². The van der Waals surface area contributed by atoms with Crippen LogP contribution in [0.1, 0.15) is 16.7 Å². The summed E-state index contributed by atoms with van der Waals surface area (Å²) in [7, 11) is 0. The second kappa shape index (κ2) is 10.2. The van der Waals surface area contributed by atoms with Gasteiger partial charge in [-0.2, -0.15) is 5.10 Å². The van der Waals surface area contributed by atoms with E-state index in [1.165, 1.54) is 11.1 Å². The zero-order valence-corrected chi connectivity index (χ0v) is 18.6. The minimum absolute atomic E-state index is 0.564. The van der Waals surface area contributed by atoms with Gasteiger partial charge in [0.25, 0.3) is 0 Å². The predicted molar refractivity (Wildman–Crippen MR) is 131 cm³/mol. The normalized spacial score (nSPS) is 10.6. The highest BCUT2D eigenvalue weighted by Gasteiger charge is 2.14. The molecule has 4 rings (SSSR count). The maximum atomic E-state index is 6.33. The minimum Gasteiger partial charge on any atom is -0.340 e. The molecule has 6 heteroatoms. The molecule has 0 amide bonds. The molecule has 0 radical (unpaired) electrons. The standard InChI is InChI=1S/C25H23ClN4S/c26-23-14-8-7-13-22(23)19-30-24(15-16-27-30)28-25(31)29(17-20-9-3-1-4-10-20)18-21-11-5-2-6-12-21/h1-16H,17-19H2,(H,28,31). The van der Waals surface area contributed by atoms with Crippen LogP contribution in [0.5, 0.6) is 0 Å². The van der Waals surface area contributed by atoms with E-state index in [9.17, 15) is 0 Å². The summed E-state index contributed by atoms with van der Waals surface area (Å²) in [6.07, 6.45) is 1.76. The maximum absolute atomic E-state index is 6.33. The molecule has 4 nitrogen and oxygen atoms in total. The Morgan fingerprint density at radius 3 is 2.03 bits per heavy atom. The molecule has 3 aromatic carbocycles. The molecule has 1 aromatic heterocycles. The molecule has 0 saturated heterocycles. The highest BCUT2D eigenvalue weighted by atomic mass is 35.5. The van der Waals surface area contributed by atoms with Crippen LogP contribution in [0.25, 0.3) is 0 Å². The fourth-order valence-corrected chi connectivity index (χ4v) is 3.78. The third-order valence-corrected chi connectivity index (χ3v) is 5.68. The number of rotatable bonds is 7. The fraction of sp³-hybridized carbons (Fsp3) is 0.120. The first-order valence-electron chi connectivity index (χ1n) is 10.1. The van der Waals surface area contributed by atoms with Gasteiger partial charge in [0.05, 0.1) is 12.7 Å². The largest absolute Gasteiger partial charge is 0.340 e. The van der Waals surface area contributed by atoms with Crippen molar-refractivity contribution in [1.82, 2.24) is 14.7 Å². The molecule has 0 aliphatic rings. The molecular formula is C25H23ClN4S. The monoisotopic (exact) mass is 446 g/mol. The average Bonchev–Trinajstić information content (AvgIpc) is 3.23. The molecule has 156 valence electrons. The molecule has 0 aliphatic heterocycles. The summed E-state index contributed by atoms with van der Waals surface area (Å²) in [5, 5.41) is 9.21. The highest BCUT2D eigenvalue weighted by Crippen LogP contribution is 2.19. The van der Waals surface area contributed by atoms with Crippen LogP contribution in [0.3, 0.4) is 0 Å². The van der Waals surface area contributed by atoms with Crippen molar-refractivity contribution in [2.24, 2.45) is 0 Å². The first-order valence-corrected chi connectivity index (χ1v) is 10.9. The molecule has 0 saturated carbocycles. The lowest BCUT2D eigenvalue weighted by Gasteiger charge is -2.26. The van der Waals surface area contributed by atoms with Crippen molar-refractivity contribution in [1.29, 1.82) is 0 Å². The number of anilines is 1. The number of hydrogen-bond donors (Lipinski definition) is 1. The number of thiocarbonyl (C=S) groups is 1. The van der Waals surface area contributed by atoms with Gasteiger partial charge in [0.15, 0.2) is 5.11 Å². The highest BCUT2D eigenvalue weighted by molar-refractivity contribution is 7.80. The Labute approximate surface area is 193 Å². The Balaban J connectivity index is 1.52. The summed E-state index contributed by atoms with van der Waals surface area (Å²) in [5.74, 6) is 0.830. The van der Waals surface area contributed by atoms with Crippen LogP contribution in [0.2, 0.25) is 5.02 Å². The van der Waals surface area contributed by atoms with E-state index in [1.807, 2.05) is 71.4 Å². The third kappa shape index (κ3) is 5.72. The number of nitrogens with zero attached hydrogens (tertiary/aromatic N) is 3. The minimum atomic E-state index is 0.564. The summed E-state index contributed by atoms with van der Waals surface area (Å²) in [6.45, 7) is 1.98. The van der Waals surface area contributed by atoms with E-state index < -0.39 is 0 Å². The van der Waals surface area contributed by atoms with Gasteiger partial charge in [-0.05, 0) is 35.0 Å². The first-order chi connectivity index (χ1) is 15.2. The first kappa shape index (κ1) is 21.1. The molecule has 0 spiro atoms. The maximum Gasteiger partial charge on any atom is 0.175 e. The van der Waals surface area contributed by atoms with Gasteiger partial charge in [-0.3, -0.25) is 0 Å². The number of benzene rings is 3. The van der Waals surface area contributed by atoms with E-state index in [-0.39, 0.29) is 0 Å². The van der Waals surface area contributed by atoms with Crippen LogP contribution in [0, 0.1) is 0 Å². The fourth-order valence-electron chi connectivity index (χ4n) is 3.35. The van der Waals surface area contributed by atoms with Gasteiger partial charge in [-0.1, -0.05) is 90.5 Å². The lowest BCUT2D eigenvalue weighted by molar-refractivity contribution is 0.412. The van der Waals surface area contributed by atoms with E-state index in [2.05, 4.69) is 39.6 Å². The molecule has 31 heavy (non-hydrogen) atoms. The predicted octanol–water partition coefficient (Wildman–Crippen LogP) is 5.98. The van der Waals surface area contributed by atoms with E-state index in [0.29, 0.717) is 24.7 Å². The molecule has 0 fully saturated rings. The molecule has 1 heterocycles. The van der Waals surface area contributed by atoms with Gasteiger partial charge in [0.2, 0.25) is 0 Å². The molecule has 0 bridgehead atoms. The summed E-state index contributed by atoms with van der Waals surface area (Å²) >= 11 is 12.2. The average molecular weight is 447 g/mol. The van der Waals surface area contributed by atoms with Crippen molar-refractivity contribution in [3.8, 4) is 0 Å². The molecule has 0 aliphatic carbocycles. The zero-order chi connectivity index (χ0) is 21.5. The van der Waals surface area contributed by atoms with E-state index in [0.717, 1.165) is 16.4 Å². The lowest BCUT2D eigenvalue weighted by Crippen LogP contribution is -2.34.